The summed E-state index contributed by atoms with van der Waals surface area (Å²) >= 11 is 4.82. The van der Waals surface area contributed by atoms with Gasteiger partial charge in [0.25, 0.3) is 5.91 Å². The molecule has 0 spiro atoms. The van der Waals surface area contributed by atoms with E-state index in [-0.39, 0.29) is 11.3 Å². The molecule has 1 saturated heterocycles. The number of amides is 1. The second-order valence-corrected chi connectivity index (χ2v) is 7.20. The molecule has 0 aliphatic carbocycles. The Balaban J connectivity index is 1.97. The van der Waals surface area contributed by atoms with E-state index in [0.29, 0.717) is 11.3 Å². The van der Waals surface area contributed by atoms with Crippen molar-refractivity contribution in [2.24, 2.45) is 0 Å². The van der Waals surface area contributed by atoms with Crippen LogP contribution in [-0.2, 0) is 4.79 Å². The van der Waals surface area contributed by atoms with E-state index in [2.05, 4.69) is 15.9 Å². The maximum absolute atomic E-state index is 12.9. The highest BCUT2D eigenvalue weighted by Crippen LogP contribution is 2.42. The molecule has 1 N–H and O–H groups in total. The summed E-state index contributed by atoms with van der Waals surface area (Å²) in [5.74, 6) is -0.845. The van der Waals surface area contributed by atoms with Crippen molar-refractivity contribution in [2.75, 3.05) is 5.75 Å². The third-order valence-corrected chi connectivity index (χ3v) is 5.55. The number of benzene rings is 2. The standard InChI is InChI=1S/C17H14BrNO3S/c18-13-8-6-11(7-9-13)15(20)19-14(17(21)22)10-23-16(19)12-4-2-1-3-5-12/h1-9,14,16H,10H2,(H,21,22)/t14-,16-/m0/s1. The average molecular weight is 392 g/mol. The van der Waals surface area contributed by atoms with Crippen LogP contribution in [0.25, 0.3) is 0 Å². The van der Waals surface area contributed by atoms with E-state index in [1.54, 1.807) is 24.3 Å². The van der Waals surface area contributed by atoms with Crippen LogP contribution in [0.1, 0.15) is 21.3 Å². The molecule has 6 heteroatoms. The normalized spacial score (nSPS) is 20.5. The van der Waals surface area contributed by atoms with Crippen molar-refractivity contribution >= 4 is 39.6 Å². The quantitative estimate of drug-likeness (QED) is 0.864. The number of hydrogen-bond acceptors (Lipinski definition) is 3. The fourth-order valence-electron chi connectivity index (χ4n) is 2.56. The van der Waals surface area contributed by atoms with Crippen LogP contribution < -0.4 is 0 Å². The highest BCUT2D eigenvalue weighted by atomic mass is 79.9. The Morgan fingerprint density at radius 3 is 2.35 bits per heavy atom. The monoisotopic (exact) mass is 391 g/mol. The van der Waals surface area contributed by atoms with E-state index in [4.69, 9.17) is 0 Å². The lowest BCUT2D eigenvalue weighted by molar-refractivity contribution is -0.141. The minimum atomic E-state index is -0.971. The molecule has 2 aromatic rings. The third kappa shape index (κ3) is 3.28. The van der Waals surface area contributed by atoms with Crippen molar-refractivity contribution < 1.29 is 14.7 Å². The Hall–Kier alpha value is -1.79. The molecule has 23 heavy (non-hydrogen) atoms. The maximum Gasteiger partial charge on any atom is 0.327 e. The molecule has 3 rings (SSSR count). The number of halogens is 1. The number of thioether (sulfide) groups is 1. The predicted molar refractivity (Wildman–Crippen MR) is 93.4 cm³/mol. The van der Waals surface area contributed by atoms with Crippen LogP contribution in [0.5, 0.6) is 0 Å². The Morgan fingerprint density at radius 1 is 1.09 bits per heavy atom. The number of carboxylic acid groups (broad SMARTS) is 1. The molecular formula is C17H14BrNO3S. The summed E-state index contributed by atoms with van der Waals surface area (Å²) < 4.78 is 0.874. The second-order valence-electron chi connectivity index (χ2n) is 5.17. The second kappa shape index (κ2) is 6.76. The largest absolute Gasteiger partial charge is 0.480 e. The summed E-state index contributed by atoms with van der Waals surface area (Å²) in [4.78, 5) is 25.9. The smallest absolute Gasteiger partial charge is 0.327 e. The lowest BCUT2D eigenvalue weighted by atomic mass is 10.1. The van der Waals surface area contributed by atoms with Gasteiger partial charge in [0.05, 0.1) is 0 Å². The SMILES string of the molecule is O=C(O)[C@@H]1CS[C@@H](c2ccccc2)N1C(=O)c1ccc(Br)cc1. The van der Waals surface area contributed by atoms with Crippen molar-refractivity contribution in [1.29, 1.82) is 0 Å². The van der Waals surface area contributed by atoms with Gasteiger partial charge in [0.2, 0.25) is 0 Å². The van der Waals surface area contributed by atoms with Crippen molar-refractivity contribution in [2.45, 2.75) is 11.4 Å². The van der Waals surface area contributed by atoms with Gasteiger partial charge in [0.1, 0.15) is 11.4 Å². The summed E-state index contributed by atoms with van der Waals surface area (Å²) in [5, 5.41) is 9.19. The molecule has 0 radical (unpaired) electrons. The van der Waals surface area contributed by atoms with Crippen LogP contribution >= 0.6 is 27.7 Å². The first-order chi connectivity index (χ1) is 11.1. The van der Waals surface area contributed by atoms with Crippen molar-refractivity contribution in [3.8, 4) is 0 Å². The molecular weight excluding hydrogens is 378 g/mol. The molecule has 1 aliphatic rings. The molecule has 2 atom stereocenters. The third-order valence-electron chi connectivity index (χ3n) is 3.70. The van der Waals surface area contributed by atoms with E-state index in [0.717, 1.165) is 10.0 Å². The van der Waals surface area contributed by atoms with Crippen LogP contribution in [-0.4, -0.2) is 33.7 Å². The van der Waals surface area contributed by atoms with Crippen LogP contribution in [0.2, 0.25) is 0 Å². The minimum Gasteiger partial charge on any atom is -0.480 e. The minimum absolute atomic E-state index is 0.260. The molecule has 4 nitrogen and oxygen atoms in total. The fraction of sp³-hybridized carbons (Fsp3) is 0.176. The van der Waals surface area contributed by atoms with E-state index in [1.807, 2.05) is 30.3 Å². The van der Waals surface area contributed by atoms with Gasteiger partial charge in [-0.05, 0) is 29.8 Å². The highest BCUT2D eigenvalue weighted by molar-refractivity contribution is 9.10. The lowest BCUT2D eigenvalue weighted by Crippen LogP contribution is -2.42. The number of rotatable bonds is 3. The molecule has 0 unspecified atom stereocenters. The van der Waals surface area contributed by atoms with Crippen LogP contribution in [0.4, 0.5) is 0 Å². The van der Waals surface area contributed by atoms with Gasteiger partial charge in [0, 0.05) is 15.8 Å². The number of hydrogen-bond donors (Lipinski definition) is 1. The van der Waals surface area contributed by atoms with Crippen LogP contribution in [0, 0.1) is 0 Å². The lowest BCUT2D eigenvalue weighted by Gasteiger charge is -2.27. The number of carboxylic acids is 1. The van der Waals surface area contributed by atoms with Crippen molar-refractivity contribution in [3.63, 3.8) is 0 Å². The first-order valence-electron chi connectivity index (χ1n) is 7.05. The molecule has 1 heterocycles. The van der Waals surface area contributed by atoms with Crippen molar-refractivity contribution in [3.05, 3.63) is 70.2 Å². The van der Waals surface area contributed by atoms with Gasteiger partial charge in [-0.15, -0.1) is 11.8 Å². The van der Waals surface area contributed by atoms with E-state index < -0.39 is 12.0 Å². The molecule has 0 bridgehead atoms. The summed E-state index contributed by atoms with van der Waals surface area (Å²) in [6.07, 6.45) is 0. The van der Waals surface area contributed by atoms with Gasteiger partial charge in [0.15, 0.2) is 0 Å². The average Bonchev–Trinajstić information content (AvgIpc) is 3.01. The maximum atomic E-state index is 12.9. The number of carbonyl (C=O) groups excluding carboxylic acids is 1. The Kier molecular flexibility index (Phi) is 4.73. The number of carbonyl (C=O) groups is 2. The molecule has 118 valence electrons. The predicted octanol–water partition coefficient (Wildman–Crippen LogP) is 3.79. The van der Waals surface area contributed by atoms with E-state index in [1.165, 1.54) is 16.7 Å². The topological polar surface area (TPSA) is 57.6 Å². The van der Waals surface area contributed by atoms with Crippen molar-refractivity contribution in [1.82, 2.24) is 4.90 Å². The van der Waals surface area contributed by atoms with Crippen LogP contribution in [0.15, 0.2) is 59.1 Å². The first kappa shape index (κ1) is 16.1. The Bertz CT molecular complexity index is 720. The number of nitrogens with zero attached hydrogens (tertiary/aromatic N) is 1. The zero-order valence-corrected chi connectivity index (χ0v) is 14.5. The van der Waals surface area contributed by atoms with Gasteiger partial charge in [-0.2, -0.15) is 0 Å². The molecule has 0 saturated carbocycles. The highest BCUT2D eigenvalue weighted by Gasteiger charge is 2.42. The molecule has 2 aromatic carbocycles. The fourth-order valence-corrected chi connectivity index (χ4v) is 4.25. The van der Waals surface area contributed by atoms with Gasteiger partial charge in [-0.1, -0.05) is 46.3 Å². The first-order valence-corrected chi connectivity index (χ1v) is 8.89. The van der Waals surface area contributed by atoms with E-state index in [9.17, 15) is 14.7 Å². The van der Waals surface area contributed by atoms with Gasteiger partial charge < -0.3 is 10.0 Å². The van der Waals surface area contributed by atoms with Crippen LogP contribution in [0.3, 0.4) is 0 Å². The summed E-state index contributed by atoms with van der Waals surface area (Å²) in [5.41, 5.74) is 1.43. The Labute approximate surface area is 146 Å². The summed E-state index contributed by atoms with van der Waals surface area (Å²) in [7, 11) is 0. The van der Waals surface area contributed by atoms with Gasteiger partial charge >= 0.3 is 5.97 Å². The zero-order chi connectivity index (χ0) is 16.4. The van der Waals surface area contributed by atoms with Gasteiger partial charge in [-0.25, -0.2) is 4.79 Å². The Morgan fingerprint density at radius 2 is 1.74 bits per heavy atom. The molecule has 0 aromatic heterocycles. The van der Waals surface area contributed by atoms with Gasteiger partial charge in [-0.3, -0.25) is 4.79 Å². The zero-order valence-electron chi connectivity index (χ0n) is 12.1. The number of aliphatic carboxylic acids is 1. The molecule has 1 fully saturated rings. The molecule has 1 aliphatic heterocycles. The van der Waals surface area contributed by atoms with E-state index >= 15 is 0 Å². The summed E-state index contributed by atoms with van der Waals surface area (Å²) in [6, 6.07) is 15.7. The molecule has 1 amide bonds. The summed E-state index contributed by atoms with van der Waals surface area (Å²) in [6.45, 7) is 0.